The van der Waals surface area contributed by atoms with Gasteiger partial charge in [-0.3, -0.25) is 9.59 Å². The molecule has 1 atom stereocenters. The minimum absolute atomic E-state index is 0.106. The Morgan fingerprint density at radius 1 is 1.03 bits per heavy atom. The van der Waals surface area contributed by atoms with Crippen LogP contribution in [0.15, 0.2) is 51.7 Å². The molecule has 0 unspecified atom stereocenters. The Balaban J connectivity index is 1.88. The average Bonchev–Trinajstić information content (AvgIpc) is 2.95. The van der Waals surface area contributed by atoms with Crippen LogP contribution in [0.5, 0.6) is 0 Å². The summed E-state index contributed by atoms with van der Waals surface area (Å²) in [4.78, 5) is 30.3. The molecule has 2 aromatic carbocycles. The Labute approximate surface area is 178 Å². The molecule has 5 nitrogen and oxygen atoms in total. The molecular weight excluding hydrogens is 411 g/mol. The van der Waals surface area contributed by atoms with Crippen molar-refractivity contribution in [3.05, 3.63) is 79.6 Å². The lowest BCUT2D eigenvalue weighted by atomic mass is 9.98. The highest BCUT2D eigenvalue weighted by Crippen LogP contribution is 2.38. The smallest absolute Gasteiger partial charge is 0.290 e. The lowest BCUT2D eigenvalue weighted by Gasteiger charge is -2.25. The molecule has 1 aliphatic heterocycles. The first kappa shape index (κ1) is 20.0. The van der Waals surface area contributed by atoms with Gasteiger partial charge in [-0.15, -0.1) is 0 Å². The number of carbonyl (C=O) groups is 1. The summed E-state index contributed by atoms with van der Waals surface area (Å²) in [6.07, 6.45) is 0.774. The van der Waals surface area contributed by atoms with Crippen LogP contribution in [0.1, 0.15) is 34.1 Å². The van der Waals surface area contributed by atoms with Gasteiger partial charge in [0.2, 0.25) is 5.76 Å². The Morgan fingerprint density at radius 2 is 1.72 bits per heavy atom. The largest absolute Gasteiger partial charge is 0.450 e. The molecule has 29 heavy (non-hydrogen) atoms. The SMILES string of the molecule is CN(C)CCCN1C(=O)c2oc3ccc(Cl)cc3c(=O)c2[C@H]1c1ccc(Cl)cc1. The van der Waals surface area contributed by atoms with Crippen molar-refractivity contribution >= 4 is 40.1 Å². The molecule has 0 N–H and O–H groups in total. The second-order valence-electron chi connectivity index (χ2n) is 7.42. The van der Waals surface area contributed by atoms with Gasteiger partial charge in [-0.2, -0.15) is 0 Å². The average molecular weight is 431 g/mol. The number of hydrogen-bond donors (Lipinski definition) is 0. The predicted molar refractivity (Wildman–Crippen MR) is 115 cm³/mol. The number of hydrogen-bond acceptors (Lipinski definition) is 4. The van der Waals surface area contributed by atoms with E-state index in [-0.39, 0.29) is 17.1 Å². The molecular formula is C22H20Cl2N2O3. The van der Waals surface area contributed by atoms with E-state index in [2.05, 4.69) is 4.90 Å². The van der Waals surface area contributed by atoms with Gasteiger partial charge < -0.3 is 14.2 Å². The lowest BCUT2D eigenvalue weighted by Crippen LogP contribution is -2.32. The van der Waals surface area contributed by atoms with E-state index in [1.807, 2.05) is 26.2 Å². The Hall–Kier alpha value is -2.34. The maximum atomic E-state index is 13.4. The van der Waals surface area contributed by atoms with Crippen molar-refractivity contribution < 1.29 is 9.21 Å². The lowest BCUT2D eigenvalue weighted by molar-refractivity contribution is 0.0722. The highest BCUT2D eigenvalue weighted by Gasteiger charge is 2.42. The van der Waals surface area contributed by atoms with Crippen LogP contribution in [-0.4, -0.2) is 42.9 Å². The fourth-order valence-corrected chi connectivity index (χ4v) is 4.07. The minimum Gasteiger partial charge on any atom is -0.450 e. The van der Waals surface area contributed by atoms with Crippen LogP contribution in [-0.2, 0) is 0 Å². The van der Waals surface area contributed by atoms with Gasteiger partial charge in [-0.1, -0.05) is 35.3 Å². The molecule has 0 spiro atoms. The van der Waals surface area contributed by atoms with Crippen molar-refractivity contribution in [2.75, 3.05) is 27.2 Å². The first-order valence-corrected chi connectivity index (χ1v) is 10.1. The topological polar surface area (TPSA) is 53.8 Å². The predicted octanol–water partition coefficient (Wildman–Crippen LogP) is 4.60. The fraction of sp³-hybridized carbons (Fsp3) is 0.273. The zero-order chi connectivity index (χ0) is 20.7. The third kappa shape index (κ3) is 3.66. The summed E-state index contributed by atoms with van der Waals surface area (Å²) in [5.41, 5.74) is 1.31. The van der Waals surface area contributed by atoms with Crippen LogP contribution in [0.2, 0.25) is 10.0 Å². The van der Waals surface area contributed by atoms with E-state index < -0.39 is 6.04 Å². The maximum Gasteiger partial charge on any atom is 0.290 e. The highest BCUT2D eigenvalue weighted by atomic mass is 35.5. The third-order valence-electron chi connectivity index (χ3n) is 5.12. The van der Waals surface area contributed by atoms with Gasteiger partial charge in [0.25, 0.3) is 5.91 Å². The number of rotatable bonds is 5. The molecule has 1 amide bonds. The van der Waals surface area contributed by atoms with Gasteiger partial charge >= 0.3 is 0 Å². The van der Waals surface area contributed by atoms with Crippen LogP contribution >= 0.6 is 23.2 Å². The third-order valence-corrected chi connectivity index (χ3v) is 5.60. The summed E-state index contributed by atoms with van der Waals surface area (Å²) >= 11 is 12.1. The molecule has 1 aromatic heterocycles. The quantitative estimate of drug-likeness (QED) is 0.593. The van der Waals surface area contributed by atoms with Crippen molar-refractivity contribution in [1.29, 1.82) is 0 Å². The van der Waals surface area contributed by atoms with Crippen molar-refractivity contribution in [2.24, 2.45) is 0 Å². The molecule has 0 saturated heterocycles. The van der Waals surface area contributed by atoms with Crippen LogP contribution in [0.25, 0.3) is 11.0 Å². The summed E-state index contributed by atoms with van der Waals surface area (Å²) in [6, 6.07) is 11.5. The molecule has 150 valence electrons. The van der Waals surface area contributed by atoms with E-state index in [0.717, 1.165) is 18.5 Å². The summed E-state index contributed by atoms with van der Waals surface area (Å²) in [5, 5.41) is 1.41. The summed E-state index contributed by atoms with van der Waals surface area (Å²) in [5.74, 6) is -0.165. The maximum absolute atomic E-state index is 13.4. The fourth-order valence-electron chi connectivity index (χ4n) is 3.77. The Morgan fingerprint density at radius 3 is 2.41 bits per heavy atom. The van der Waals surface area contributed by atoms with Crippen LogP contribution in [0.3, 0.4) is 0 Å². The molecule has 0 fully saturated rings. The zero-order valence-corrected chi connectivity index (χ0v) is 17.6. The second kappa shape index (κ2) is 7.82. The van der Waals surface area contributed by atoms with Crippen LogP contribution in [0.4, 0.5) is 0 Å². The molecule has 2 heterocycles. The number of nitrogens with zero attached hydrogens (tertiary/aromatic N) is 2. The van der Waals surface area contributed by atoms with E-state index >= 15 is 0 Å². The molecule has 0 radical (unpaired) electrons. The van der Waals surface area contributed by atoms with E-state index in [4.69, 9.17) is 27.6 Å². The first-order valence-electron chi connectivity index (χ1n) is 9.34. The number of amides is 1. The number of halogens is 2. The van der Waals surface area contributed by atoms with E-state index in [0.29, 0.717) is 33.1 Å². The van der Waals surface area contributed by atoms with E-state index in [9.17, 15) is 9.59 Å². The monoisotopic (exact) mass is 430 g/mol. The van der Waals surface area contributed by atoms with Crippen LogP contribution in [0, 0.1) is 0 Å². The normalized spacial score (nSPS) is 16.1. The summed E-state index contributed by atoms with van der Waals surface area (Å²) < 4.78 is 5.90. The summed E-state index contributed by atoms with van der Waals surface area (Å²) in [7, 11) is 3.97. The Bertz CT molecular complexity index is 1140. The number of carbonyl (C=O) groups excluding carboxylic acids is 1. The van der Waals surface area contributed by atoms with Gasteiger partial charge in [0.1, 0.15) is 5.58 Å². The summed E-state index contributed by atoms with van der Waals surface area (Å²) in [6.45, 7) is 1.33. The van der Waals surface area contributed by atoms with E-state index in [1.54, 1.807) is 35.2 Å². The van der Waals surface area contributed by atoms with Gasteiger partial charge in [0.15, 0.2) is 5.43 Å². The van der Waals surface area contributed by atoms with Gasteiger partial charge in [-0.25, -0.2) is 0 Å². The van der Waals surface area contributed by atoms with E-state index in [1.165, 1.54) is 0 Å². The molecule has 1 aliphatic rings. The van der Waals surface area contributed by atoms with Crippen molar-refractivity contribution in [3.8, 4) is 0 Å². The van der Waals surface area contributed by atoms with Crippen molar-refractivity contribution in [2.45, 2.75) is 12.5 Å². The highest BCUT2D eigenvalue weighted by molar-refractivity contribution is 6.31. The number of fused-ring (bicyclic) bond motifs is 2. The van der Waals surface area contributed by atoms with Crippen molar-refractivity contribution in [1.82, 2.24) is 9.80 Å². The minimum atomic E-state index is -0.517. The molecule has 0 saturated carbocycles. The van der Waals surface area contributed by atoms with Crippen LogP contribution < -0.4 is 5.43 Å². The molecule has 4 rings (SSSR count). The second-order valence-corrected chi connectivity index (χ2v) is 8.30. The molecule has 3 aromatic rings. The van der Waals surface area contributed by atoms with Gasteiger partial charge in [0.05, 0.1) is 17.0 Å². The zero-order valence-electron chi connectivity index (χ0n) is 16.1. The molecule has 0 bridgehead atoms. The Kier molecular flexibility index (Phi) is 5.38. The van der Waals surface area contributed by atoms with Crippen molar-refractivity contribution in [3.63, 3.8) is 0 Å². The van der Waals surface area contributed by atoms with Gasteiger partial charge in [-0.05, 0) is 63.0 Å². The first-order chi connectivity index (χ1) is 13.9. The number of benzene rings is 2. The van der Waals surface area contributed by atoms with Gasteiger partial charge in [0, 0.05) is 16.6 Å². The standard InChI is InChI=1S/C22H20Cl2N2O3/c1-25(2)10-3-11-26-19(13-4-6-14(23)7-5-13)18-20(27)16-12-15(24)8-9-17(16)29-21(18)22(26)28/h4-9,12,19H,3,10-11H2,1-2H3/t19-/m1/s1. The molecule has 7 heteroatoms. The molecule has 0 aliphatic carbocycles.